The highest BCUT2D eigenvalue weighted by molar-refractivity contribution is 5.79. The lowest BCUT2D eigenvalue weighted by atomic mass is 10.2. The molecular weight excluding hydrogens is 300 g/mol. The summed E-state index contributed by atoms with van der Waals surface area (Å²) >= 11 is 0. The zero-order valence-electron chi connectivity index (χ0n) is 14.5. The maximum Gasteiger partial charge on any atom is 0.250 e. The molecule has 0 bridgehead atoms. The van der Waals surface area contributed by atoms with Gasteiger partial charge in [0.25, 0.3) is 5.56 Å². The SMILES string of the molecule is CN=C(NCCCCn1c(C)cccc1=O)NCc1ccccc1. The van der Waals surface area contributed by atoms with Crippen LogP contribution >= 0.6 is 0 Å². The van der Waals surface area contributed by atoms with Crippen LogP contribution in [0, 0.1) is 6.92 Å². The number of benzene rings is 1. The molecule has 2 aromatic rings. The molecule has 1 aromatic heterocycles. The van der Waals surface area contributed by atoms with Crippen molar-refractivity contribution in [3.05, 3.63) is 70.1 Å². The van der Waals surface area contributed by atoms with Gasteiger partial charge in [-0.2, -0.15) is 0 Å². The average Bonchev–Trinajstić information content (AvgIpc) is 2.60. The molecule has 5 nitrogen and oxygen atoms in total. The number of pyridine rings is 1. The third-order valence-corrected chi connectivity index (χ3v) is 3.90. The summed E-state index contributed by atoms with van der Waals surface area (Å²) in [7, 11) is 1.77. The lowest BCUT2D eigenvalue weighted by molar-refractivity contribution is 0.575. The van der Waals surface area contributed by atoms with Gasteiger partial charge in [-0.15, -0.1) is 0 Å². The van der Waals surface area contributed by atoms with E-state index in [1.165, 1.54) is 5.56 Å². The number of hydrogen-bond donors (Lipinski definition) is 2. The Morgan fingerprint density at radius 1 is 1.04 bits per heavy atom. The molecular formula is C19H26N4O. The van der Waals surface area contributed by atoms with Crippen LogP contribution in [0.3, 0.4) is 0 Å². The van der Waals surface area contributed by atoms with Crippen molar-refractivity contribution in [1.29, 1.82) is 0 Å². The van der Waals surface area contributed by atoms with Crippen LogP contribution in [0.5, 0.6) is 0 Å². The topological polar surface area (TPSA) is 58.4 Å². The number of nitrogens with zero attached hydrogens (tertiary/aromatic N) is 2. The molecule has 0 saturated heterocycles. The number of hydrogen-bond acceptors (Lipinski definition) is 2. The van der Waals surface area contributed by atoms with E-state index in [0.717, 1.165) is 44.1 Å². The van der Waals surface area contributed by atoms with Crippen molar-refractivity contribution in [3.8, 4) is 0 Å². The molecule has 5 heteroatoms. The van der Waals surface area contributed by atoms with Crippen LogP contribution < -0.4 is 16.2 Å². The minimum Gasteiger partial charge on any atom is -0.356 e. The fourth-order valence-corrected chi connectivity index (χ4v) is 2.51. The van der Waals surface area contributed by atoms with Crippen LogP contribution in [0.1, 0.15) is 24.1 Å². The number of nitrogens with one attached hydrogen (secondary N) is 2. The van der Waals surface area contributed by atoms with Crippen LogP contribution in [-0.2, 0) is 13.1 Å². The first kappa shape index (κ1) is 17.8. The molecule has 2 N–H and O–H groups in total. The molecule has 0 aliphatic carbocycles. The molecule has 0 unspecified atom stereocenters. The Hall–Kier alpha value is -2.56. The van der Waals surface area contributed by atoms with Crippen molar-refractivity contribution in [2.75, 3.05) is 13.6 Å². The summed E-state index contributed by atoms with van der Waals surface area (Å²) < 4.78 is 1.82. The number of rotatable bonds is 7. The lowest BCUT2D eigenvalue weighted by Crippen LogP contribution is -2.37. The fraction of sp³-hybridized carbons (Fsp3) is 0.368. The average molecular weight is 326 g/mol. The van der Waals surface area contributed by atoms with E-state index < -0.39 is 0 Å². The normalized spacial score (nSPS) is 11.3. The van der Waals surface area contributed by atoms with Crippen molar-refractivity contribution >= 4 is 5.96 Å². The fourth-order valence-electron chi connectivity index (χ4n) is 2.51. The first-order valence-corrected chi connectivity index (χ1v) is 8.35. The number of aromatic nitrogens is 1. The van der Waals surface area contributed by atoms with Crippen LogP contribution in [0.25, 0.3) is 0 Å². The number of guanidine groups is 1. The zero-order chi connectivity index (χ0) is 17.2. The van der Waals surface area contributed by atoms with E-state index >= 15 is 0 Å². The lowest BCUT2D eigenvalue weighted by Gasteiger charge is -2.12. The summed E-state index contributed by atoms with van der Waals surface area (Å²) in [5, 5.41) is 6.60. The number of aliphatic imine (C=N–C) groups is 1. The standard InChI is InChI=1S/C19H26N4O/c1-16-9-8-12-18(24)23(16)14-7-6-13-21-19(20-2)22-15-17-10-4-3-5-11-17/h3-5,8-12H,6-7,13-15H2,1-2H3,(H2,20,21,22). The Kier molecular flexibility index (Phi) is 7.08. The smallest absolute Gasteiger partial charge is 0.250 e. The van der Waals surface area contributed by atoms with E-state index in [1.54, 1.807) is 19.2 Å². The molecule has 24 heavy (non-hydrogen) atoms. The van der Waals surface area contributed by atoms with E-state index in [0.29, 0.717) is 0 Å². The second-order valence-corrected chi connectivity index (χ2v) is 5.70. The van der Waals surface area contributed by atoms with Crippen LogP contribution in [-0.4, -0.2) is 24.1 Å². The van der Waals surface area contributed by atoms with Crippen molar-refractivity contribution < 1.29 is 0 Å². The van der Waals surface area contributed by atoms with E-state index in [1.807, 2.05) is 35.8 Å². The Balaban J connectivity index is 1.68. The molecule has 0 radical (unpaired) electrons. The molecule has 1 heterocycles. The van der Waals surface area contributed by atoms with Gasteiger partial charge in [-0.3, -0.25) is 9.79 Å². The largest absolute Gasteiger partial charge is 0.356 e. The van der Waals surface area contributed by atoms with Crippen molar-refractivity contribution in [1.82, 2.24) is 15.2 Å². The van der Waals surface area contributed by atoms with E-state index in [-0.39, 0.29) is 5.56 Å². The minimum atomic E-state index is 0.0725. The van der Waals surface area contributed by atoms with Gasteiger partial charge in [0.2, 0.25) is 0 Å². The van der Waals surface area contributed by atoms with E-state index in [9.17, 15) is 4.79 Å². The van der Waals surface area contributed by atoms with Gasteiger partial charge >= 0.3 is 0 Å². The van der Waals surface area contributed by atoms with Gasteiger partial charge in [0, 0.05) is 38.4 Å². The maximum atomic E-state index is 11.8. The van der Waals surface area contributed by atoms with Crippen LogP contribution in [0.2, 0.25) is 0 Å². The van der Waals surface area contributed by atoms with Gasteiger partial charge in [-0.1, -0.05) is 36.4 Å². The summed E-state index contributed by atoms with van der Waals surface area (Å²) in [4.78, 5) is 16.0. The third kappa shape index (κ3) is 5.57. The van der Waals surface area contributed by atoms with Crippen LogP contribution in [0.4, 0.5) is 0 Å². The molecule has 0 atom stereocenters. The molecule has 0 amide bonds. The summed E-state index contributed by atoms with van der Waals surface area (Å²) in [5.74, 6) is 0.798. The van der Waals surface area contributed by atoms with Gasteiger partial charge in [0.1, 0.15) is 0 Å². The molecule has 128 valence electrons. The molecule has 0 saturated carbocycles. The molecule has 1 aromatic carbocycles. The second kappa shape index (κ2) is 9.55. The molecule has 0 fully saturated rings. The number of unbranched alkanes of at least 4 members (excludes halogenated alkanes) is 1. The Morgan fingerprint density at radius 3 is 2.54 bits per heavy atom. The van der Waals surface area contributed by atoms with Gasteiger partial charge < -0.3 is 15.2 Å². The predicted molar refractivity (Wildman–Crippen MR) is 99.3 cm³/mol. The van der Waals surface area contributed by atoms with Crippen molar-refractivity contribution in [2.45, 2.75) is 32.9 Å². The molecule has 0 aliphatic heterocycles. The summed E-state index contributed by atoms with van der Waals surface area (Å²) in [6.07, 6.45) is 1.93. The first-order valence-electron chi connectivity index (χ1n) is 8.35. The molecule has 2 rings (SSSR count). The van der Waals surface area contributed by atoms with Crippen molar-refractivity contribution in [3.63, 3.8) is 0 Å². The van der Waals surface area contributed by atoms with Gasteiger partial charge in [0.15, 0.2) is 5.96 Å². The molecule has 0 spiro atoms. The second-order valence-electron chi connectivity index (χ2n) is 5.70. The Bertz CT molecular complexity index is 707. The van der Waals surface area contributed by atoms with E-state index in [2.05, 4.69) is 27.8 Å². The molecule has 0 aliphatic rings. The Morgan fingerprint density at radius 2 is 1.83 bits per heavy atom. The minimum absolute atomic E-state index is 0.0725. The summed E-state index contributed by atoms with van der Waals surface area (Å²) in [6.45, 7) is 4.30. The zero-order valence-corrected chi connectivity index (χ0v) is 14.5. The van der Waals surface area contributed by atoms with E-state index in [4.69, 9.17) is 0 Å². The van der Waals surface area contributed by atoms with Crippen LogP contribution in [0.15, 0.2) is 58.3 Å². The highest BCUT2D eigenvalue weighted by Gasteiger charge is 2.00. The first-order chi connectivity index (χ1) is 11.7. The quantitative estimate of drug-likeness (QED) is 0.466. The van der Waals surface area contributed by atoms with Gasteiger partial charge in [-0.05, 0) is 31.4 Å². The van der Waals surface area contributed by atoms with Gasteiger partial charge in [-0.25, -0.2) is 0 Å². The van der Waals surface area contributed by atoms with Crippen molar-refractivity contribution in [2.24, 2.45) is 4.99 Å². The summed E-state index contributed by atoms with van der Waals surface area (Å²) in [5.41, 5.74) is 2.30. The van der Waals surface area contributed by atoms with Gasteiger partial charge in [0.05, 0.1) is 0 Å². The highest BCUT2D eigenvalue weighted by atomic mass is 16.1. The number of aryl methyl sites for hydroxylation is 1. The monoisotopic (exact) mass is 326 g/mol. The third-order valence-electron chi connectivity index (χ3n) is 3.90. The maximum absolute atomic E-state index is 11.8. The predicted octanol–water partition coefficient (Wildman–Crippen LogP) is 2.30. The summed E-state index contributed by atoms with van der Waals surface area (Å²) in [6, 6.07) is 15.6. The highest BCUT2D eigenvalue weighted by Crippen LogP contribution is 1.98. The Labute approximate surface area is 143 Å².